The summed E-state index contributed by atoms with van der Waals surface area (Å²) >= 11 is 13.1. The highest BCUT2D eigenvalue weighted by atomic mass is 35.5. The van der Waals surface area contributed by atoms with E-state index in [0.717, 1.165) is 22.2 Å². The van der Waals surface area contributed by atoms with Gasteiger partial charge in [0.2, 0.25) is 0 Å². The SMILES string of the molecule is COCCN1C(=O)S/C(=C/c2cccc(OC)c2OCc2ccc(Cl)cc2Cl)C1=O. The van der Waals surface area contributed by atoms with Crippen molar-refractivity contribution in [2.45, 2.75) is 6.61 Å². The molecule has 0 unspecified atom stereocenters. The predicted molar refractivity (Wildman–Crippen MR) is 118 cm³/mol. The molecule has 1 saturated heterocycles. The maximum absolute atomic E-state index is 12.6. The minimum absolute atomic E-state index is 0.173. The number of imide groups is 1. The van der Waals surface area contributed by atoms with Gasteiger partial charge in [0, 0.05) is 28.3 Å². The van der Waals surface area contributed by atoms with Gasteiger partial charge in [-0.2, -0.15) is 0 Å². The molecule has 0 aliphatic carbocycles. The molecular formula is C21H19Cl2NO5S. The van der Waals surface area contributed by atoms with Crippen molar-refractivity contribution in [2.24, 2.45) is 0 Å². The number of carbonyl (C=O) groups is 2. The Kier molecular flexibility index (Phi) is 7.66. The molecule has 2 aromatic carbocycles. The van der Waals surface area contributed by atoms with Crippen molar-refractivity contribution in [1.82, 2.24) is 4.90 Å². The topological polar surface area (TPSA) is 65.1 Å². The largest absolute Gasteiger partial charge is 0.493 e. The smallest absolute Gasteiger partial charge is 0.293 e. The van der Waals surface area contributed by atoms with Crippen LogP contribution >= 0.6 is 35.0 Å². The molecule has 0 bridgehead atoms. The first kappa shape index (κ1) is 22.5. The van der Waals surface area contributed by atoms with Crippen molar-refractivity contribution < 1.29 is 23.8 Å². The van der Waals surface area contributed by atoms with Gasteiger partial charge in [-0.25, -0.2) is 0 Å². The van der Waals surface area contributed by atoms with Crippen molar-refractivity contribution in [3.63, 3.8) is 0 Å². The van der Waals surface area contributed by atoms with Crippen LogP contribution in [0.15, 0.2) is 41.3 Å². The first-order chi connectivity index (χ1) is 14.4. The van der Waals surface area contributed by atoms with E-state index in [4.69, 9.17) is 37.4 Å². The molecule has 0 radical (unpaired) electrons. The van der Waals surface area contributed by atoms with Crippen LogP contribution in [-0.2, 0) is 16.1 Å². The van der Waals surface area contributed by atoms with E-state index < -0.39 is 0 Å². The van der Waals surface area contributed by atoms with Crippen LogP contribution in [0, 0.1) is 0 Å². The van der Waals surface area contributed by atoms with Crippen LogP contribution in [0.25, 0.3) is 6.08 Å². The molecule has 6 nitrogen and oxygen atoms in total. The molecule has 0 aromatic heterocycles. The molecule has 9 heteroatoms. The van der Waals surface area contributed by atoms with E-state index >= 15 is 0 Å². The van der Waals surface area contributed by atoms with E-state index in [9.17, 15) is 9.59 Å². The summed E-state index contributed by atoms with van der Waals surface area (Å²) < 4.78 is 16.4. The van der Waals surface area contributed by atoms with Crippen molar-refractivity contribution >= 4 is 52.2 Å². The third kappa shape index (κ3) is 5.10. The van der Waals surface area contributed by atoms with E-state index in [1.807, 2.05) is 0 Å². The zero-order valence-electron chi connectivity index (χ0n) is 16.3. The molecular weight excluding hydrogens is 449 g/mol. The molecule has 3 rings (SSSR count). The van der Waals surface area contributed by atoms with E-state index in [1.165, 1.54) is 14.2 Å². The van der Waals surface area contributed by atoms with Crippen LogP contribution in [-0.4, -0.2) is 43.4 Å². The summed E-state index contributed by atoms with van der Waals surface area (Å²) in [5, 5.41) is 0.686. The molecule has 158 valence electrons. The van der Waals surface area contributed by atoms with Crippen LogP contribution in [0.4, 0.5) is 4.79 Å². The lowest BCUT2D eigenvalue weighted by Gasteiger charge is -2.14. The zero-order chi connectivity index (χ0) is 21.7. The summed E-state index contributed by atoms with van der Waals surface area (Å²) in [6, 6.07) is 10.5. The number of hydrogen-bond donors (Lipinski definition) is 0. The maximum atomic E-state index is 12.6. The number of carbonyl (C=O) groups excluding carboxylic acids is 2. The number of benzene rings is 2. The molecule has 0 spiro atoms. The average molecular weight is 468 g/mol. The number of para-hydroxylation sites is 1. The van der Waals surface area contributed by atoms with Crippen LogP contribution in [0.1, 0.15) is 11.1 Å². The van der Waals surface area contributed by atoms with Gasteiger partial charge in [-0.05, 0) is 36.0 Å². The van der Waals surface area contributed by atoms with Crippen LogP contribution < -0.4 is 9.47 Å². The van der Waals surface area contributed by atoms with Crippen molar-refractivity contribution in [3.05, 3.63) is 62.5 Å². The number of rotatable bonds is 8. The van der Waals surface area contributed by atoms with Gasteiger partial charge in [-0.3, -0.25) is 14.5 Å². The Labute approximate surface area is 188 Å². The average Bonchev–Trinajstić information content (AvgIpc) is 2.99. The lowest BCUT2D eigenvalue weighted by atomic mass is 10.1. The lowest BCUT2D eigenvalue weighted by molar-refractivity contribution is -0.123. The summed E-state index contributed by atoms with van der Waals surface area (Å²) in [7, 11) is 3.04. The Morgan fingerprint density at radius 2 is 1.93 bits per heavy atom. The monoisotopic (exact) mass is 467 g/mol. The van der Waals surface area contributed by atoms with Crippen LogP contribution in [0.5, 0.6) is 11.5 Å². The Bertz CT molecular complexity index is 995. The third-order valence-electron chi connectivity index (χ3n) is 4.30. The van der Waals surface area contributed by atoms with Gasteiger partial charge < -0.3 is 14.2 Å². The molecule has 2 amide bonds. The fourth-order valence-corrected chi connectivity index (χ4v) is 4.09. The summed E-state index contributed by atoms with van der Waals surface area (Å²) in [6.45, 7) is 0.655. The lowest BCUT2D eigenvalue weighted by Crippen LogP contribution is -2.31. The van der Waals surface area contributed by atoms with Gasteiger partial charge in [-0.1, -0.05) is 41.4 Å². The highest BCUT2D eigenvalue weighted by molar-refractivity contribution is 8.18. The van der Waals surface area contributed by atoms with Crippen molar-refractivity contribution in [2.75, 3.05) is 27.4 Å². The third-order valence-corrected chi connectivity index (χ3v) is 5.79. The molecule has 0 atom stereocenters. The fraction of sp³-hybridized carbons (Fsp3) is 0.238. The van der Waals surface area contributed by atoms with Crippen LogP contribution in [0.3, 0.4) is 0 Å². The Morgan fingerprint density at radius 3 is 2.63 bits per heavy atom. The quantitative estimate of drug-likeness (QED) is 0.493. The van der Waals surface area contributed by atoms with Gasteiger partial charge in [0.05, 0.1) is 25.2 Å². The Balaban J connectivity index is 1.88. The zero-order valence-corrected chi connectivity index (χ0v) is 18.6. The molecule has 1 fully saturated rings. The summed E-state index contributed by atoms with van der Waals surface area (Å²) in [6.07, 6.45) is 1.62. The second kappa shape index (κ2) is 10.2. The van der Waals surface area contributed by atoms with Crippen molar-refractivity contribution in [3.8, 4) is 11.5 Å². The number of amides is 2. The number of nitrogens with zero attached hydrogens (tertiary/aromatic N) is 1. The number of methoxy groups -OCH3 is 2. The molecule has 1 aliphatic heterocycles. The number of thioether (sulfide) groups is 1. The van der Waals surface area contributed by atoms with Gasteiger partial charge in [0.25, 0.3) is 11.1 Å². The minimum Gasteiger partial charge on any atom is -0.493 e. The number of halogens is 2. The van der Waals surface area contributed by atoms with E-state index in [1.54, 1.807) is 42.5 Å². The minimum atomic E-state index is -0.364. The van der Waals surface area contributed by atoms with E-state index in [2.05, 4.69) is 0 Å². The second-order valence-corrected chi connectivity index (χ2v) is 8.07. The number of hydrogen-bond acceptors (Lipinski definition) is 6. The maximum Gasteiger partial charge on any atom is 0.293 e. The Hall–Kier alpha value is -2.19. The molecule has 1 heterocycles. The standard InChI is InChI=1S/C21H19Cl2NO5S/c1-27-9-8-24-20(25)18(30-21(24)26)10-13-4-3-5-17(28-2)19(13)29-12-14-6-7-15(22)11-16(14)23/h3-7,10-11H,8-9,12H2,1-2H3/b18-10+. The first-order valence-corrected chi connectivity index (χ1v) is 10.5. The summed E-state index contributed by atoms with van der Waals surface area (Å²) in [5.41, 5.74) is 1.36. The predicted octanol–water partition coefficient (Wildman–Crippen LogP) is 5.26. The molecule has 1 aliphatic rings. The number of ether oxygens (including phenoxy) is 3. The van der Waals surface area contributed by atoms with Gasteiger partial charge in [0.15, 0.2) is 11.5 Å². The highest BCUT2D eigenvalue weighted by Gasteiger charge is 2.34. The van der Waals surface area contributed by atoms with Crippen LogP contribution in [0.2, 0.25) is 10.0 Å². The summed E-state index contributed by atoms with van der Waals surface area (Å²) in [5.74, 6) is 0.568. The molecule has 30 heavy (non-hydrogen) atoms. The fourth-order valence-electron chi connectivity index (χ4n) is 2.77. The van der Waals surface area contributed by atoms with Crippen molar-refractivity contribution in [1.29, 1.82) is 0 Å². The normalized spacial score (nSPS) is 15.2. The van der Waals surface area contributed by atoms with Gasteiger partial charge >= 0.3 is 0 Å². The van der Waals surface area contributed by atoms with E-state index in [0.29, 0.717) is 32.0 Å². The second-order valence-electron chi connectivity index (χ2n) is 6.23. The Morgan fingerprint density at radius 1 is 1.13 bits per heavy atom. The first-order valence-electron chi connectivity index (χ1n) is 8.92. The molecule has 0 saturated carbocycles. The van der Waals surface area contributed by atoms with Gasteiger partial charge in [0.1, 0.15) is 6.61 Å². The van der Waals surface area contributed by atoms with Gasteiger partial charge in [-0.15, -0.1) is 0 Å². The summed E-state index contributed by atoms with van der Waals surface area (Å²) in [4.78, 5) is 26.2. The highest BCUT2D eigenvalue weighted by Crippen LogP contribution is 2.38. The molecule has 0 N–H and O–H groups in total. The molecule has 2 aromatic rings. The van der Waals surface area contributed by atoms with E-state index in [-0.39, 0.29) is 30.9 Å².